The highest BCUT2D eigenvalue weighted by atomic mass is 35.5. The second-order valence-electron chi connectivity index (χ2n) is 4.23. The van der Waals surface area contributed by atoms with Gasteiger partial charge in [-0.1, -0.05) is 17.7 Å². The van der Waals surface area contributed by atoms with Gasteiger partial charge in [-0.25, -0.2) is 4.39 Å². The molecule has 100 valence electrons. The highest BCUT2D eigenvalue weighted by Gasteiger charge is 2.25. The van der Waals surface area contributed by atoms with Gasteiger partial charge in [0.2, 0.25) is 0 Å². The Hall–Kier alpha value is -0.840. The third-order valence-electron chi connectivity index (χ3n) is 3.00. The van der Waals surface area contributed by atoms with Crippen molar-refractivity contribution in [2.24, 2.45) is 5.73 Å². The molecule has 18 heavy (non-hydrogen) atoms. The smallest absolute Gasteiger partial charge is 0.258 e. The Morgan fingerprint density at radius 2 is 2.00 bits per heavy atom. The molecule has 0 radical (unpaired) electrons. The number of nitrogens with zero attached hydrogens (tertiary/aromatic N) is 1. The number of carbonyl (C=O) groups is 1. The van der Waals surface area contributed by atoms with Gasteiger partial charge in [0.1, 0.15) is 5.82 Å². The topological polar surface area (TPSA) is 46.3 Å². The molecular formula is C12H15Cl2FN2O. The molecule has 1 amide bonds. The van der Waals surface area contributed by atoms with E-state index in [4.69, 9.17) is 17.3 Å². The minimum atomic E-state index is -0.572. The second-order valence-corrected chi connectivity index (χ2v) is 4.63. The van der Waals surface area contributed by atoms with Crippen molar-refractivity contribution < 1.29 is 9.18 Å². The van der Waals surface area contributed by atoms with Gasteiger partial charge in [-0.05, 0) is 25.0 Å². The van der Waals surface area contributed by atoms with Crippen molar-refractivity contribution >= 4 is 29.9 Å². The Balaban J connectivity index is 0.00000162. The van der Waals surface area contributed by atoms with Crippen molar-refractivity contribution in [1.82, 2.24) is 4.90 Å². The Morgan fingerprint density at radius 3 is 2.56 bits per heavy atom. The summed E-state index contributed by atoms with van der Waals surface area (Å²) in [5.41, 5.74) is 5.72. The lowest BCUT2D eigenvalue weighted by atomic mass is 10.0. The van der Waals surface area contributed by atoms with E-state index in [1.807, 2.05) is 0 Å². The van der Waals surface area contributed by atoms with Crippen LogP contribution >= 0.6 is 24.0 Å². The van der Waals surface area contributed by atoms with E-state index >= 15 is 0 Å². The lowest BCUT2D eigenvalue weighted by molar-refractivity contribution is 0.0710. The van der Waals surface area contributed by atoms with Crippen LogP contribution in [0.2, 0.25) is 5.02 Å². The highest BCUT2D eigenvalue weighted by molar-refractivity contribution is 6.33. The highest BCUT2D eigenvalue weighted by Crippen LogP contribution is 2.22. The molecule has 0 atom stereocenters. The van der Waals surface area contributed by atoms with Crippen LogP contribution in [0.25, 0.3) is 0 Å². The van der Waals surface area contributed by atoms with Crippen LogP contribution in [0.5, 0.6) is 0 Å². The van der Waals surface area contributed by atoms with E-state index in [0.29, 0.717) is 13.1 Å². The van der Waals surface area contributed by atoms with E-state index in [2.05, 4.69) is 0 Å². The summed E-state index contributed by atoms with van der Waals surface area (Å²) in [4.78, 5) is 13.7. The van der Waals surface area contributed by atoms with Crippen LogP contribution in [0.1, 0.15) is 23.2 Å². The molecule has 1 aromatic carbocycles. The summed E-state index contributed by atoms with van der Waals surface area (Å²) in [5.74, 6) is -0.919. The van der Waals surface area contributed by atoms with Gasteiger partial charge in [-0.3, -0.25) is 4.79 Å². The minimum absolute atomic E-state index is 0. The number of amides is 1. The first-order valence-electron chi connectivity index (χ1n) is 5.58. The molecule has 1 aliphatic heterocycles. The fourth-order valence-corrected chi connectivity index (χ4v) is 2.21. The molecule has 1 aliphatic rings. The van der Waals surface area contributed by atoms with E-state index in [-0.39, 0.29) is 34.9 Å². The number of nitrogens with two attached hydrogens (primary N) is 1. The second kappa shape index (κ2) is 6.36. The van der Waals surface area contributed by atoms with Gasteiger partial charge in [-0.15, -0.1) is 12.4 Å². The number of rotatable bonds is 1. The van der Waals surface area contributed by atoms with Gasteiger partial charge in [0, 0.05) is 19.1 Å². The van der Waals surface area contributed by atoms with Crippen LogP contribution in [0.15, 0.2) is 18.2 Å². The number of halogens is 3. The van der Waals surface area contributed by atoms with Gasteiger partial charge >= 0.3 is 0 Å². The fourth-order valence-electron chi connectivity index (χ4n) is 1.96. The maximum atomic E-state index is 13.6. The quantitative estimate of drug-likeness (QED) is 0.864. The Morgan fingerprint density at radius 1 is 1.39 bits per heavy atom. The predicted molar refractivity (Wildman–Crippen MR) is 71.8 cm³/mol. The summed E-state index contributed by atoms with van der Waals surface area (Å²) in [6.45, 7) is 1.12. The molecule has 0 aromatic heterocycles. The lowest BCUT2D eigenvalue weighted by Crippen LogP contribution is -2.43. The zero-order chi connectivity index (χ0) is 12.4. The minimum Gasteiger partial charge on any atom is -0.338 e. The van der Waals surface area contributed by atoms with Crippen molar-refractivity contribution in [2.45, 2.75) is 18.9 Å². The Bertz CT molecular complexity index is 414. The van der Waals surface area contributed by atoms with Gasteiger partial charge in [-0.2, -0.15) is 0 Å². The molecule has 1 saturated heterocycles. The first-order chi connectivity index (χ1) is 8.09. The molecule has 2 rings (SSSR count). The Labute approximate surface area is 116 Å². The van der Waals surface area contributed by atoms with E-state index in [0.717, 1.165) is 12.8 Å². The summed E-state index contributed by atoms with van der Waals surface area (Å²) < 4.78 is 13.6. The predicted octanol–water partition coefficient (Wildman–Crippen LogP) is 2.46. The third kappa shape index (κ3) is 3.13. The number of hydrogen-bond donors (Lipinski definition) is 1. The molecule has 0 unspecified atom stereocenters. The zero-order valence-electron chi connectivity index (χ0n) is 9.73. The van der Waals surface area contributed by atoms with E-state index in [9.17, 15) is 9.18 Å². The molecule has 2 N–H and O–H groups in total. The van der Waals surface area contributed by atoms with Crippen molar-refractivity contribution in [3.05, 3.63) is 34.6 Å². The summed E-state index contributed by atoms with van der Waals surface area (Å²) in [6.07, 6.45) is 1.50. The fraction of sp³-hybridized carbons (Fsp3) is 0.417. The van der Waals surface area contributed by atoms with Gasteiger partial charge < -0.3 is 10.6 Å². The average Bonchev–Trinajstić information content (AvgIpc) is 2.29. The molecule has 0 spiro atoms. The number of hydrogen-bond acceptors (Lipinski definition) is 2. The van der Waals surface area contributed by atoms with E-state index in [1.165, 1.54) is 18.2 Å². The summed E-state index contributed by atoms with van der Waals surface area (Å²) in [6, 6.07) is 4.39. The lowest BCUT2D eigenvalue weighted by Gasteiger charge is -2.30. The van der Waals surface area contributed by atoms with Crippen LogP contribution < -0.4 is 5.73 Å². The zero-order valence-corrected chi connectivity index (χ0v) is 11.3. The molecule has 6 heteroatoms. The SMILES string of the molecule is Cl.NC1CCN(C(=O)c2c(F)cccc2Cl)CC1. The van der Waals surface area contributed by atoms with Crippen LogP contribution in [0.4, 0.5) is 4.39 Å². The van der Waals surface area contributed by atoms with Gasteiger partial charge in [0.05, 0.1) is 10.6 Å². The number of likely N-dealkylation sites (tertiary alicyclic amines) is 1. The normalized spacial score (nSPS) is 16.3. The molecule has 1 fully saturated rings. The molecule has 1 heterocycles. The average molecular weight is 293 g/mol. The van der Waals surface area contributed by atoms with Crippen LogP contribution in [0.3, 0.4) is 0 Å². The maximum Gasteiger partial charge on any atom is 0.258 e. The summed E-state index contributed by atoms with van der Waals surface area (Å²) >= 11 is 5.86. The van der Waals surface area contributed by atoms with Gasteiger partial charge in [0.15, 0.2) is 0 Å². The molecule has 0 bridgehead atoms. The molecule has 3 nitrogen and oxygen atoms in total. The van der Waals surface area contributed by atoms with E-state index < -0.39 is 5.82 Å². The van der Waals surface area contributed by atoms with E-state index in [1.54, 1.807) is 4.90 Å². The third-order valence-corrected chi connectivity index (χ3v) is 3.32. The van der Waals surface area contributed by atoms with Crippen LogP contribution in [0, 0.1) is 5.82 Å². The monoisotopic (exact) mass is 292 g/mol. The maximum absolute atomic E-state index is 13.6. The molecular weight excluding hydrogens is 278 g/mol. The molecule has 0 saturated carbocycles. The first-order valence-corrected chi connectivity index (χ1v) is 5.96. The van der Waals surface area contributed by atoms with Crippen molar-refractivity contribution in [3.8, 4) is 0 Å². The van der Waals surface area contributed by atoms with Crippen LogP contribution in [-0.4, -0.2) is 29.9 Å². The van der Waals surface area contributed by atoms with Crippen molar-refractivity contribution in [2.75, 3.05) is 13.1 Å². The molecule has 0 aliphatic carbocycles. The number of piperidine rings is 1. The summed E-state index contributed by atoms with van der Waals surface area (Å²) in [5, 5.41) is 0.157. The standard InChI is InChI=1S/C12H14ClFN2O.ClH/c13-9-2-1-3-10(14)11(9)12(17)16-6-4-8(15)5-7-16;/h1-3,8H,4-7,15H2;1H. The van der Waals surface area contributed by atoms with Crippen molar-refractivity contribution in [3.63, 3.8) is 0 Å². The molecule has 1 aromatic rings. The summed E-state index contributed by atoms with van der Waals surface area (Å²) in [7, 11) is 0. The van der Waals surface area contributed by atoms with Crippen LogP contribution in [-0.2, 0) is 0 Å². The Kier molecular flexibility index (Phi) is 5.38. The number of carbonyl (C=O) groups excluding carboxylic acids is 1. The van der Waals surface area contributed by atoms with Crippen molar-refractivity contribution in [1.29, 1.82) is 0 Å². The number of benzene rings is 1. The largest absolute Gasteiger partial charge is 0.338 e. The first kappa shape index (κ1) is 15.2. The van der Waals surface area contributed by atoms with Gasteiger partial charge in [0.25, 0.3) is 5.91 Å².